The molecule has 4 heteroatoms. The van der Waals surface area contributed by atoms with Gasteiger partial charge < -0.3 is 14.6 Å². The van der Waals surface area contributed by atoms with Crippen molar-refractivity contribution < 1.29 is 14.6 Å². The molecule has 0 fully saturated rings. The molecule has 0 amide bonds. The van der Waals surface area contributed by atoms with Crippen LogP contribution in [0.15, 0.2) is 0 Å². The minimum absolute atomic E-state index is 0.0859. The van der Waals surface area contributed by atoms with Gasteiger partial charge in [0.15, 0.2) is 0 Å². The van der Waals surface area contributed by atoms with Crippen LogP contribution >= 0.6 is 0 Å². The van der Waals surface area contributed by atoms with Gasteiger partial charge in [-0.15, -0.1) is 0 Å². The Hall–Kier alpha value is 0.0969. The van der Waals surface area contributed by atoms with Crippen LogP contribution in [0.25, 0.3) is 0 Å². The lowest BCUT2D eigenvalue weighted by Gasteiger charge is -2.27. The van der Waals surface area contributed by atoms with Crippen LogP contribution in [-0.2, 0) is 9.47 Å². The van der Waals surface area contributed by atoms with Gasteiger partial charge in [-0.25, -0.2) is 0 Å². The van der Waals surface area contributed by atoms with Crippen molar-refractivity contribution >= 4 is 8.80 Å². The van der Waals surface area contributed by atoms with Crippen molar-refractivity contribution in [3.05, 3.63) is 0 Å². The van der Waals surface area contributed by atoms with Gasteiger partial charge in [0.05, 0.1) is 35.2 Å². The van der Waals surface area contributed by atoms with Crippen molar-refractivity contribution in [2.45, 2.75) is 32.0 Å². The van der Waals surface area contributed by atoms with Crippen molar-refractivity contribution in [1.29, 1.82) is 0 Å². The Balaban J connectivity index is 3.35. The van der Waals surface area contributed by atoms with Gasteiger partial charge in [0, 0.05) is 6.61 Å². The molecule has 0 spiro atoms. The van der Waals surface area contributed by atoms with Crippen molar-refractivity contribution in [1.82, 2.24) is 0 Å². The molecule has 0 atom stereocenters. The molecule has 85 valence electrons. The first-order chi connectivity index (χ1) is 6.50. The van der Waals surface area contributed by atoms with Gasteiger partial charge in [0.1, 0.15) is 0 Å². The molecule has 0 aromatic rings. The van der Waals surface area contributed by atoms with Crippen molar-refractivity contribution in [2.24, 2.45) is 0 Å². The second-order valence-electron chi connectivity index (χ2n) is 4.27. The van der Waals surface area contributed by atoms with Gasteiger partial charge in [-0.05, 0) is 5.04 Å². The van der Waals surface area contributed by atoms with E-state index in [1.807, 2.05) is 0 Å². The molecule has 0 aromatic carbocycles. The number of ether oxygens (including phenoxy) is 2. The number of aliphatic hydroxyl groups is 1. The van der Waals surface area contributed by atoms with E-state index in [-0.39, 0.29) is 15.4 Å². The second kappa shape index (κ2) is 7.40. The molecule has 0 aliphatic rings. The molecule has 0 unspecified atom stereocenters. The molecule has 0 aromatic heterocycles. The largest absolute Gasteiger partial charge is 0.394 e. The lowest BCUT2D eigenvalue weighted by molar-refractivity contribution is 0.0268. The summed E-state index contributed by atoms with van der Waals surface area (Å²) in [5.41, 5.74) is 0. The SMILES string of the molecule is C[Si](C)C(C)(C)COCCOCCO. The van der Waals surface area contributed by atoms with E-state index >= 15 is 0 Å². The minimum atomic E-state index is -0.314. The zero-order chi connectivity index (χ0) is 11.0. The first kappa shape index (κ1) is 14.1. The Morgan fingerprint density at radius 1 is 1.07 bits per heavy atom. The number of rotatable bonds is 8. The van der Waals surface area contributed by atoms with E-state index in [9.17, 15) is 0 Å². The molecular weight excluding hydrogens is 196 g/mol. The third-order valence-electron chi connectivity index (χ3n) is 2.42. The van der Waals surface area contributed by atoms with Crippen LogP contribution in [-0.4, -0.2) is 46.9 Å². The van der Waals surface area contributed by atoms with Gasteiger partial charge in [-0.1, -0.05) is 26.9 Å². The summed E-state index contributed by atoms with van der Waals surface area (Å²) in [6.45, 7) is 11.6. The Kier molecular flexibility index (Phi) is 7.45. The molecule has 0 aliphatic carbocycles. The van der Waals surface area contributed by atoms with Crippen molar-refractivity contribution in [3.63, 3.8) is 0 Å². The van der Waals surface area contributed by atoms with Gasteiger partial charge in [0.25, 0.3) is 0 Å². The standard InChI is InChI=1S/C10H23O3Si/c1-10(2,14(3)4)9-13-8-7-12-6-5-11/h11H,5-9H2,1-4H3. The zero-order valence-corrected chi connectivity index (χ0v) is 10.8. The van der Waals surface area contributed by atoms with Gasteiger partial charge in [-0.3, -0.25) is 0 Å². The Morgan fingerprint density at radius 2 is 1.64 bits per heavy atom. The monoisotopic (exact) mass is 219 g/mol. The Labute approximate surface area is 89.0 Å². The molecule has 1 N–H and O–H groups in total. The fraction of sp³-hybridized carbons (Fsp3) is 1.00. The van der Waals surface area contributed by atoms with Crippen LogP contribution in [0.1, 0.15) is 13.8 Å². The highest BCUT2D eigenvalue weighted by molar-refractivity contribution is 6.59. The van der Waals surface area contributed by atoms with Crippen molar-refractivity contribution in [2.75, 3.05) is 33.0 Å². The molecule has 0 saturated heterocycles. The molecule has 0 heterocycles. The average Bonchev–Trinajstić information content (AvgIpc) is 2.10. The lowest BCUT2D eigenvalue weighted by Crippen LogP contribution is -2.27. The molecule has 3 nitrogen and oxygen atoms in total. The summed E-state index contributed by atoms with van der Waals surface area (Å²) in [6.07, 6.45) is 0. The van der Waals surface area contributed by atoms with Crippen LogP contribution in [0.5, 0.6) is 0 Å². The minimum Gasteiger partial charge on any atom is -0.394 e. The first-order valence-electron chi connectivity index (χ1n) is 5.07. The predicted octanol–water partition coefficient (Wildman–Crippen LogP) is 1.55. The molecule has 0 rings (SSSR count). The van der Waals surface area contributed by atoms with Gasteiger partial charge in [-0.2, -0.15) is 0 Å². The molecule has 0 bridgehead atoms. The third kappa shape index (κ3) is 6.54. The van der Waals surface area contributed by atoms with E-state index in [4.69, 9.17) is 14.6 Å². The number of aliphatic hydroxyl groups excluding tert-OH is 1. The predicted molar refractivity (Wildman–Crippen MR) is 60.2 cm³/mol. The Morgan fingerprint density at radius 3 is 2.14 bits per heavy atom. The topological polar surface area (TPSA) is 38.7 Å². The highest BCUT2D eigenvalue weighted by Crippen LogP contribution is 2.27. The first-order valence-corrected chi connectivity index (χ1v) is 7.57. The van der Waals surface area contributed by atoms with E-state index in [1.54, 1.807) is 0 Å². The maximum Gasteiger partial charge on any atom is 0.0701 e. The quantitative estimate of drug-likeness (QED) is 0.497. The van der Waals surface area contributed by atoms with Crippen LogP contribution in [0.4, 0.5) is 0 Å². The Bertz CT molecular complexity index is 137. The van der Waals surface area contributed by atoms with E-state index in [0.717, 1.165) is 6.61 Å². The maximum atomic E-state index is 8.46. The summed E-state index contributed by atoms with van der Waals surface area (Å²) in [4.78, 5) is 0. The smallest absolute Gasteiger partial charge is 0.0701 e. The van der Waals surface area contributed by atoms with Gasteiger partial charge in [0.2, 0.25) is 0 Å². The number of hydrogen-bond acceptors (Lipinski definition) is 3. The van der Waals surface area contributed by atoms with Gasteiger partial charge >= 0.3 is 0 Å². The normalized spacial score (nSPS) is 12.4. The van der Waals surface area contributed by atoms with E-state index in [0.29, 0.717) is 24.9 Å². The fourth-order valence-electron chi connectivity index (χ4n) is 0.756. The maximum absolute atomic E-state index is 8.46. The summed E-state index contributed by atoms with van der Waals surface area (Å²) in [5, 5.41) is 8.78. The lowest BCUT2D eigenvalue weighted by atomic mass is 10.2. The van der Waals surface area contributed by atoms with E-state index in [2.05, 4.69) is 26.9 Å². The molecular formula is C10H23O3Si. The number of hydrogen-bond donors (Lipinski definition) is 1. The zero-order valence-electron chi connectivity index (χ0n) is 9.80. The molecule has 14 heavy (non-hydrogen) atoms. The average molecular weight is 219 g/mol. The van der Waals surface area contributed by atoms with Crippen LogP contribution in [0, 0.1) is 0 Å². The fourth-order valence-corrected chi connectivity index (χ4v) is 1.15. The molecule has 0 aliphatic heterocycles. The van der Waals surface area contributed by atoms with Crippen molar-refractivity contribution in [3.8, 4) is 0 Å². The second-order valence-corrected chi connectivity index (χ2v) is 7.63. The third-order valence-corrected chi connectivity index (χ3v) is 5.28. The van der Waals surface area contributed by atoms with Crippen LogP contribution in [0.2, 0.25) is 18.1 Å². The van der Waals surface area contributed by atoms with Crippen LogP contribution in [0.3, 0.4) is 0 Å². The van der Waals surface area contributed by atoms with Crippen LogP contribution < -0.4 is 0 Å². The van der Waals surface area contributed by atoms with E-state index < -0.39 is 0 Å². The summed E-state index contributed by atoms with van der Waals surface area (Å²) in [5.74, 6) is 0. The molecule has 1 radical (unpaired) electrons. The van der Waals surface area contributed by atoms with E-state index in [1.165, 1.54) is 0 Å². The molecule has 0 saturated carbocycles. The summed E-state index contributed by atoms with van der Waals surface area (Å²) in [6, 6.07) is 0. The summed E-state index contributed by atoms with van der Waals surface area (Å²) < 4.78 is 10.6. The highest BCUT2D eigenvalue weighted by atomic mass is 28.3. The summed E-state index contributed by atoms with van der Waals surface area (Å²) >= 11 is 0. The highest BCUT2D eigenvalue weighted by Gasteiger charge is 2.23. The summed E-state index contributed by atoms with van der Waals surface area (Å²) in [7, 11) is -0.314.